The molecule has 0 bridgehead atoms. The second-order valence-electron chi connectivity index (χ2n) is 2.72. The molecular weight excluding hydrogens is 250 g/mol. The summed E-state index contributed by atoms with van der Waals surface area (Å²) in [7, 11) is 1.95. The Morgan fingerprint density at radius 3 is 3.00 bits per heavy atom. The Morgan fingerprint density at radius 2 is 2.38 bits per heavy atom. The van der Waals surface area contributed by atoms with Crippen molar-refractivity contribution in [1.82, 2.24) is 5.32 Å². The van der Waals surface area contributed by atoms with E-state index >= 15 is 0 Å². The molecule has 0 saturated heterocycles. The molecule has 1 heterocycles. The molecule has 1 aromatic heterocycles. The third-order valence-electron chi connectivity index (χ3n) is 1.59. The monoisotopic (exact) mass is 263 g/mol. The summed E-state index contributed by atoms with van der Waals surface area (Å²) < 4.78 is 6.65. The van der Waals surface area contributed by atoms with Crippen molar-refractivity contribution >= 4 is 27.3 Å². The molecule has 1 aromatic rings. The minimum atomic E-state index is 0.736. The lowest BCUT2D eigenvalue weighted by Crippen LogP contribution is -2.10. The predicted molar refractivity (Wildman–Crippen MR) is 60.2 cm³/mol. The number of hydrogen-bond acceptors (Lipinski definition) is 3. The van der Waals surface area contributed by atoms with E-state index in [1.54, 1.807) is 11.3 Å². The number of nitrogens with one attached hydrogen (secondary N) is 1. The van der Waals surface area contributed by atoms with Crippen molar-refractivity contribution in [3.8, 4) is 0 Å². The van der Waals surface area contributed by atoms with Crippen molar-refractivity contribution in [2.45, 2.75) is 13.0 Å². The zero-order valence-electron chi connectivity index (χ0n) is 7.68. The summed E-state index contributed by atoms with van der Waals surface area (Å²) in [5, 5.41) is 3.09. The van der Waals surface area contributed by atoms with Crippen LogP contribution in [-0.4, -0.2) is 20.2 Å². The van der Waals surface area contributed by atoms with E-state index in [9.17, 15) is 0 Å². The molecule has 74 valence electrons. The van der Waals surface area contributed by atoms with Crippen LogP contribution in [0.3, 0.4) is 0 Å². The molecule has 0 aliphatic rings. The number of hydrogen-bond donors (Lipinski definition) is 1. The maximum Gasteiger partial charge on any atom is 0.0809 e. The number of halogens is 1. The second kappa shape index (κ2) is 6.54. The maximum absolute atomic E-state index is 5.48. The minimum absolute atomic E-state index is 0.736. The van der Waals surface area contributed by atoms with Crippen LogP contribution in [0.25, 0.3) is 0 Å². The summed E-state index contributed by atoms with van der Waals surface area (Å²) in [6.45, 7) is 2.59. The summed E-state index contributed by atoms with van der Waals surface area (Å²) in [4.78, 5) is 1.27. The van der Waals surface area contributed by atoms with Gasteiger partial charge in [-0.15, -0.1) is 11.3 Å². The highest BCUT2D eigenvalue weighted by atomic mass is 79.9. The summed E-state index contributed by atoms with van der Waals surface area (Å²) in [6.07, 6.45) is 1.07. The molecular formula is C9H14BrNOS. The van der Waals surface area contributed by atoms with Gasteiger partial charge in [-0.1, -0.05) is 0 Å². The topological polar surface area (TPSA) is 21.3 Å². The van der Waals surface area contributed by atoms with Gasteiger partial charge in [0.15, 0.2) is 0 Å². The third kappa shape index (κ3) is 4.76. The Hall–Kier alpha value is 0.1000. The first-order valence-electron chi connectivity index (χ1n) is 4.29. The van der Waals surface area contributed by atoms with E-state index in [0.29, 0.717) is 0 Å². The highest BCUT2D eigenvalue weighted by Gasteiger charge is 1.96. The van der Waals surface area contributed by atoms with Gasteiger partial charge in [-0.25, -0.2) is 0 Å². The van der Waals surface area contributed by atoms with Crippen molar-refractivity contribution in [2.75, 3.05) is 20.2 Å². The average molecular weight is 264 g/mol. The molecule has 4 heteroatoms. The zero-order valence-corrected chi connectivity index (χ0v) is 10.1. The van der Waals surface area contributed by atoms with Crippen molar-refractivity contribution in [1.29, 1.82) is 0 Å². The van der Waals surface area contributed by atoms with Crippen LogP contribution in [0.4, 0.5) is 0 Å². The van der Waals surface area contributed by atoms with Gasteiger partial charge in [0, 0.05) is 11.5 Å². The number of rotatable bonds is 6. The molecule has 0 amide bonds. The highest BCUT2D eigenvalue weighted by Crippen LogP contribution is 2.22. The summed E-state index contributed by atoms with van der Waals surface area (Å²) >= 11 is 5.15. The molecule has 1 N–H and O–H groups in total. The van der Waals surface area contributed by atoms with Gasteiger partial charge in [0.2, 0.25) is 0 Å². The van der Waals surface area contributed by atoms with Gasteiger partial charge < -0.3 is 10.1 Å². The van der Waals surface area contributed by atoms with Crippen LogP contribution in [0, 0.1) is 0 Å². The SMILES string of the molecule is CNCCCOCc1ccc(Br)s1. The lowest BCUT2D eigenvalue weighted by molar-refractivity contribution is 0.121. The smallest absolute Gasteiger partial charge is 0.0809 e. The Balaban J connectivity index is 2.06. The largest absolute Gasteiger partial charge is 0.376 e. The lowest BCUT2D eigenvalue weighted by Gasteiger charge is -2.01. The predicted octanol–water partition coefficient (Wildman–Crippen LogP) is 2.64. The van der Waals surface area contributed by atoms with Crippen LogP contribution in [0.5, 0.6) is 0 Å². The normalized spacial score (nSPS) is 10.6. The Kier molecular flexibility index (Phi) is 5.62. The molecule has 0 atom stereocenters. The fraction of sp³-hybridized carbons (Fsp3) is 0.556. The quantitative estimate of drug-likeness (QED) is 0.797. The number of thiophene rings is 1. The molecule has 13 heavy (non-hydrogen) atoms. The summed E-state index contributed by atoms with van der Waals surface area (Å²) in [5.74, 6) is 0. The second-order valence-corrected chi connectivity index (χ2v) is 5.26. The first kappa shape index (κ1) is 11.2. The first-order chi connectivity index (χ1) is 6.33. The molecule has 0 saturated carbocycles. The summed E-state index contributed by atoms with van der Waals surface area (Å²) in [5.41, 5.74) is 0. The maximum atomic E-state index is 5.48. The Bertz CT molecular complexity index is 239. The zero-order chi connectivity index (χ0) is 9.52. The molecule has 0 aromatic carbocycles. The van der Waals surface area contributed by atoms with Gasteiger partial charge in [-0.2, -0.15) is 0 Å². The van der Waals surface area contributed by atoms with E-state index in [-0.39, 0.29) is 0 Å². The summed E-state index contributed by atoms with van der Waals surface area (Å²) in [6, 6.07) is 4.14. The molecule has 1 rings (SSSR count). The van der Waals surface area contributed by atoms with Crippen molar-refractivity contribution in [3.05, 3.63) is 20.8 Å². The van der Waals surface area contributed by atoms with Crippen LogP contribution in [0.2, 0.25) is 0 Å². The molecule has 0 radical (unpaired) electrons. The fourth-order valence-corrected chi connectivity index (χ4v) is 2.37. The van der Waals surface area contributed by atoms with E-state index in [2.05, 4.69) is 33.4 Å². The van der Waals surface area contributed by atoms with Crippen LogP contribution >= 0.6 is 27.3 Å². The van der Waals surface area contributed by atoms with Crippen molar-refractivity contribution in [3.63, 3.8) is 0 Å². The van der Waals surface area contributed by atoms with Crippen LogP contribution < -0.4 is 5.32 Å². The van der Waals surface area contributed by atoms with Gasteiger partial charge in [-0.3, -0.25) is 0 Å². The number of ether oxygens (including phenoxy) is 1. The molecule has 2 nitrogen and oxygen atoms in total. The average Bonchev–Trinajstić information content (AvgIpc) is 2.51. The van der Waals surface area contributed by atoms with Gasteiger partial charge in [-0.05, 0) is 48.1 Å². The third-order valence-corrected chi connectivity index (χ3v) is 3.19. The van der Waals surface area contributed by atoms with Crippen molar-refractivity contribution < 1.29 is 4.74 Å². The Labute approximate surface area is 91.4 Å². The Morgan fingerprint density at radius 1 is 1.54 bits per heavy atom. The van der Waals surface area contributed by atoms with Gasteiger partial charge in [0.25, 0.3) is 0 Å². The van der Waals surface area contributed by atoms with E-state index in [4.69, 9.17) is 4.74 Å². The van der Waals surface area contributed by atoms with E-state index < -0.39 is 0 Å². The van der Waals surface area contributed by atoms with E-state index in [1.165, 1.54) is 8.66 Å². The van der Waals surface area contributed by atoms with Crippen LogP contribution in [0.15, 0.2) is 15.9 Å². The molecule has 0 aliphatic carbocycles. The van der Waals surface area contributed by atoms with Gasteiger partial charge >= 0.3 is 0 Å². The lowest BCUT2D eigenvalue weighted by atomic mass is 10.4. The van der Waals surface area contributed by atoms with E-state index in [1.807, 2.05) is 7.05 Å². The van der Waals surface area contributed by atoms with Crippen molar-refractivity contribution in [2.24, 2.45) is 0 Å². The first-order valence-corrected chi connectivity index (χ1v) is 5.90. The van der Waals surface area contributed by atoms with E-state index in [0.717, 1.165) is 26.2 Å². The fourth-order valence-electron chi connectivity index (χ4n) is 0.953. The molecule has 0 fully saturated rings. The molecule has 0 aliphatic heterocycles. The van der Waals surface area contributed by atoms with Crippen LogP contribution in [0.1, 0.15) is 11.3 Å². The minimum Gasteiger partial charge on any atom is -0.376 e. The van der Waals surface area contributed by atoms with Gasteiger partial charge in [0.1, 0.15) is 0 Å². The standard InChI is InChI=1S/C9H14BrNOS/c1-11-5-2-6-12-7-8-3-4-9(10)13-8/h3-4,11H,2,5-7H2,1H3. The van der Waals surface area contributed by atoms with Crippen LogP contribution in [-0.2, 0) is 11.3 Å². The highest BCUT2D eigenvalue weighted by molar-refractivity contribution is 9.11. The molecule has 0 unspecified atom stereocenters. The van der Waals surface area contributed by atoms with Gasteiger partial charge in [0.05, 0.1) is 10.4 Å². The molecule has 0 spiro atoms.